The zero-order valence-corrected chi connectivity index (χ0v) is 12.4. The molecule has 0 spiro atoms. The zero-order chi connectivity index (χ0) is 13.9. The number of hydrogen-bond donors (Lipinski definition) is 1. The van der Waals surface area contributed by atoms with E-state index in [1.165, 1.54) is 12.8 Å². The minimum absolute atomic E-state index is 0.0765. The smallest absolute Gasteiger partial charge is 0.0874 e. The number of ether oxygens (including phenoxy) is 1. The van der Waals surface area contributed by atoms with Crippen LogP contribution in [0.5, 0.6) is 0 Å². The highest BCUT2D eigenvalue weighted by Gasteiger charge is 2.41. The monoisotopic (exact) mass is 262 g/mol. The van der Waals surface area contributed by atoms with Crippen LogP contribution < -0.4 is 5.73 Å². The maximum absolute atomic E-state index is 6.54. The summed E-state index contributed by atoms with van der Waals surface area (Å²) in [5, 5.41) is 0. The van der Waals surface area contributed by atoms with Gasteiger partial charge in [-0.05, 0) is 56.6 Å². The van der Waals surface area contributed by atoms with Crippen LogP contribution in [0.15, 0.2) is 18.5 Å². The van der Waals surface area contributed by atoms with Crippen molar-refractivity contribution in [3.63, 3.8) is 0 Å². The lowest BCUT2D eigenvalue weighted by atomic mass is 9.74. The van der Waals surface area contributed by atoms with E-state index in [2.05, 4.69) is 31.8 Å². The lowest BCUT2D eigenvalue weighted by Gasteiger charge is -2.43. The third kappa shape index (κ3) is 3.15. The first-order chi connectivity index (χ1) is 9.07. The van der Waals surface area contributed by atoms with Gasteiger partial charge in [0.1, 0.15) is 0 Å². The second-order valence-corrected chi connectivity index (χ2v) is 5.95. The molecule has 3 heteroatoms. The second kappa shape index (κ2) is 6.02. The van der Waals surface area contributed by atoms with Gasteiger partial charge in [-0.15, -0.1) is 0 Å². The van der Waals surface area contributed by atoms with E-state index in [1.807, 2.05) is 12.4 Å². The Morgan fingerprint density at radius 2 is 2.11 bits per heavy atom. The Labute approximate surface area is 116 Å². The van der Waals surface area contributed by atoms with E-state index in [4.69, 9.17) is 10.5 Å². The van der Waals surface area contributed by atoms with Crippen molar-refractivity contribution in [3.05, 3.63) is 29.6 Å². The van der Waals surface area contributed by atoms with Crippen LogP contribution in [0.25, 0.3) is 0 Å². The summed E-state index contributed by atoms with van der Waals surface area (Å²) >= 11 is 0. The standard InChI is InChI=1S/C16H26N2O/c1-4-19-16(7-5-12(2)6-8-16)15(17)14-9-13(3)10-18-11-14/h9-12,15H,4-8,17H2,1-3H3. The first-order valence-corrected chi connectivity index (χ1v) is 7.38. The first-order valence-electron chi connectivity index (χ1n) is 7.38. The third-order valence-electron chi connectivity index (χ3n) is 4.37. The molecule has 0 aromatic carbocycles. The van der Waals surface area contributed by atoms with Gasteiger partial charge in [0.2, 0.25) is 0 Å². The van der Waals surface area contributed by atoms with Crippen molar-refractivity contribution in [1.82, 2.24) is 4.98 Å². The maximum Gasteiger partial charge on any atom is 0.0874 e. The Balaban J connectivity index is 2.23. The van der Waals surface area contributed by atoms with Gasteiger partial charge in [-0.1, -0.05) is 13.0 Å². The third-order valence-corrected chi connectivity index (χ3v) is 4.37. The average Bonchev–Trinajstić information content (AvgIpc) is 2.41. The molecule has 1 atom stereocenters. The molecule has 2 N–H and O–H groups in total. The predicted octanol–water partition coefficient (Wildman–Crippen LogP) is 3.38. The van der Waals surface area contributed by atoms with Gasteiger partial charge in [0.05, 0.1) is 11.6 Å². The lowest BCUT2D eigenvalue weighted by Crippen LogP contribution is -2.46. The normalized spacial score (nSPS) is 29.2. The molecule has 0 radical (unpaired) electrons. The zero-order valence-electron chi connectivity index (χ0n) is 12.4. The number of pyridine rings is 1. The molecule has 19 heavy (non-hydrogen) atoms. The Morgan fingerprint density at radius 3 is 2.68 bits per heavy atom. The summed E-state index contributed by atoms with van der Waals surface area (Å²) < 4.78 is 6.12. The molecule has 1 aromatic rings. The van der Waals surface area contributed by atoms with E-state index < -0.39 is 0 Å². The molecule has 1 fully saturated rings. The highest BCUT2D eigenvalue weighted by molar-refractivity contribution is 5.23. The van der Waals surface area contributed by atoms with Crippen LogP contribution in [0.2, 0.25) is 0 Å². The molecule has 0 saturated heterocycles. The van der Waals surface area contributed by atoms with Crippen LogP contribution in [0, 0.1) is 12.8 Å². The molecular formula is C16H26N2O. The number of aromatic nitrogens is 1. The number of nitrogens with zero attached hydrogens (tertiary/aromatic N) is 1. The van der Waals surface area contributed by atoms with Crippen molar-refractivity contribution in [3.8, 4) is 0 Å². The number of hydrogen-bond acceptors (Lipinski definition) is 3. The van der Waals surface area contributed by atoms with Gasteiger partial charge in [-0.3, -0.25) is 4.98 Å². The fourth-order valence-corrected chi connectivity index (χ4v) is 3.14. The molecule has 1 saturated carbocycles. The topological polar surface area (TPSA) is 48.1 Å². The SMILES string of the molecule is CCOC1(C(N)c2cncc(C)c2)CCC(C)CC1. The molecule has 1 heterocycles. The summed E-state index contributed by atoms with van der Waals surface area (Å²) in [5.41, 5.74) is 8.60. The van der Waals surface area contributed by atoms with Crippen LogP contribution in [0.1, 0.15) is 56.7 Å². The molecule has 0 aliphatic heterocycles. The van der Waals surface area contributed by atoms with Gasteiger partial charge in [0.15, 0.2) is 0 Å². The van der Waals surface area contributed by atoms with Crippen molar-refractivity contribution >= 4 is 0 Å². The highest BCUT2D eigenvalue weighted by atomic mass is 16.5. The fourth-order valence-electron chi connectivity index (χ4n) is 3.14. The molecule has 1 unspecified atom stereocenters. The first kappa shape index (κ1) is 14.5. The van der Waals surface area contributed by atoms with Crippen LogP contribution in [0.3, 0.4) is 0 Å². The van der Waals surface area contributed by atoms with Crippen molar-refractivity contribution in [2.24, 2.45) is 11.7 Å². The molecular weight excluding hydrogens is 236 g/mol. The summed E-state index contributed by atoms with van der Waals surface area (Å²) in [5.74, 6) is 0.788. The van der Waals surface area contributed by atoms with Gasteiger partial charge >= 0.3 is 0 Å². The molecule has 1 aromatic heterocycles. The molecule has 3 nitrogen and oxygen atoms in total. The summed E-state index contributed by atoms with van der Waals surface area (Å²) in [4.78, 5) is 4.27. The van der Waals surface area contributed by atoms with Gasteiger partial charge in [-0.25, -0.2) is 0 Å². The summed E-state index contributed by atoms with van der Waals surface area (Å²) in [6, 6.07) is 2.06. The maximum atomic E-state index is 6.54. The van der Waals surface area contributed by atoms with Crippen LogP contribution >= 0.6 is 0 Å². The van der Waals surface area contributed by atoms with E-state index in [1.54, 1.807) is 0 Å². The largest absolute Gasteiger partial charge is 0.373 e. The Hall–Kier alpha value is -0.930. The fraction of sp³-hybridized carbons (Fsp3) is 0.688. The minimum Gasteiger partial charge on any atom is -0.373 e. The number of nitrogens with two attached hydrogens (primary N) is 1. The predicted molar refractivity (Wildman–Crippen MR) is 77.9 cm³/mol. The van der Waals surface area contributed by atoms with E-state index >= 15 is 0 Å². The molecule has 2 rings (SSSR count). The minimum atomic E-state index is -0.198. The van der Waals surface area contributed by atoms with Crippen molar-refractivity contribution < 1.29 is 4.74 Å². The molecule has 1 aliphatic rings. The van der Waals surface area contributed by atoms with Crippen molar-refractivity contribution in [2.45, 2.75) is 58.1 Å². The Kier molecular flexibility index (Phi) is 4.58. The average molecular weight is 262 g/mol. The molecule has 0 amide bonds. The van der Waals surface area contributed by atoms with E-state index in [0.29, 0.717) is 0 Å². The van der Waals surface area contributed by atoms with E-state index in [9.17, 15) is 0 Å². The van der Waals surface area contributed by atoms with Crippen LogP contribution in [-0.2, 0) is 4.74 Å². The summed E-state index contributed by atoms with van der Waals surface area (Å²) in [7, 11) is 0. The van der Waals surface area contributed by atoms with E-state index in [-0.39, 0.29) is 11.6 Å². The van der Waals surface area contributed by atoms with Gasteiger partial charge in [0.25, 0.3) is 0 Å². The quantitative estimate of drug-likeness (QED) is 0.905. The van der Waals surface area contributed by atoms with Crippen LogP contribution in [-0.4, -0.2) is 17.2 Å². The van der Waals surface area contributed by atoms with Gasteiger partial charge in [-0.2, -0.15) is 0 Å². The van der Waals surface area contributed by atoms with Gasteiger partial charge in [0, 0.05) is 19.0 Å². The van der Waals surface area contributed by atoms with Crippen LogP contribution in [0.4, 0.5) is 0 Å². The van der Waals surface area contributed by atoms with E-state index in [0.717, 1.165) is 36.5 Å². The number of rotatable bonds is 4. The van der Waals surface area contributed by atoms with Gasteiger partial charge < -0.3 is 10.5 Å². The molecule has 0 bridgehead atoms. The number of aryl methyl sites for hydroxylation is 1. The second-order valence-electron chi connectivity index (χ2n) is 5.95. The molecule has 1 aliphatic carbocycles. The summed E-state index contributed by atoms with van der Waals surface area (Å²) in [6.07, 6.45) is 8.26. The Bertz CT molecular complexity index is 411. The van der Waals surface area contributed by atoms with Crippen molar-refractivity contribution in [1.29, 1.82) is 0 Å². The lowest BCUT2D eigenvalue weighted by molar-refractivity contribution is -0.0897. The van der Waals surface area contributed by atoms with Crippen molar-refractivity contribution in [2.75, 3.05) is 6.61 Å². The highest BCUT2D eigenvalue weighted by Crippen LogP contribution is 2.42. The Morgan fingerprint density at radius 1 is 1.42 bits per heavy atom. The molecule has 106 valence electrons. The summed E-state index contributed by atoms with van der Waals surface area (Å²) in [6.45, 7) is 7.15.